The maximum Gasteiger partial charge on any atom is 0.222 e. The number of nitrogen functional groups attached to an aromatic ring is 1. The van der Waals surface area contributed by atoms with Crippen molar-refractivity contribution in [1.82, 2.24) is 15.3 Å². The van der Waals surface area contributed by atoms with Crippen molar-refractivity contribution in [3.8, 4) is 0 Å². The molecule has 0 radical (unpaired) electrons. The zero-order valence-electron chi connectivity index (χ0n) is 16.0. The van der Waals surface area contributed by atoms with Gasteiger partial charge in [0.05, 0.1) is 5.69 Å². The van der Waals surface area contributed by atoms with Crippen molar-refractivity contribution >= 4 is 11.8 Å². The standard InChI is InChI=1S/C21H33N5/c22-19-24-17-16(7-5-10-20(17)8-1-2-9-20)18(25-19)26-14-6-12-21(15-26)11-3-4-13-23-21/h23H,1-15H2,(H2,22,24,25)/t21-/m1/s1. The largest absolute Gasteiger partial charge is 0.368 e. The third kappa shape index (κ3) is 2.70. The van der Waals surface area contributed by atoms with Gasteiger partial charge in [-0.05, 0) is 64.3 Å². The van der Waals surface area contributed by atoms with Crippen LogP contribution in [0.2, 0.25) is 0 Å². The van der Waals surface area contributed by atoms with Gasteiger partial charge >= 0.3 is 0 Å². The number of anilines is 2. The van der Waals surface area contributed by atoms with E-state index in [9.17, 15) is 0 Å². The van der Waals surface area contributed by atoms with Crippen LogP contribution in [0.25, 0.3) is 0 Å². The Morgan fingerprint density at radius 2 is 1.65 bits per heavy atom. The minimum Gasteiger partial charge on any atom is -0.368 e. The van der Waals surface area contributed by atoms with Gasteiger partial charge in [-0.3, -0.25) is 0 Å². The lowest BCUT2D eigenvalue weighted by Crippen LogP contribution is -2.59. The van der Waals surface area contributed by atoms with Crippen molar-refractivity contribution in [2.75, 3.05) is 30.3 Å². The number of nitrogens with zero attached hydrogens (tertiary/aromatic N) is 3. The van der Waals surface area contributed by atoms with Gasteiger partial charge in [0.1, 0.15) is 5.82 Å². The van der Waals surface area contributed by atoms with Gasteiger partial charge in [0.25, 0.3) is 0 Å². The minimum absolute atomic E-state index is 0.294. The van der Waals surface area contributed by atoms with Crippen LogP contribution in [0.4, 0.5) is 11.8 Å². The molecule has 1 saturated carbocycles. The van der Waals surface area contributed by atoms with Crippen LogP contribution < -0.4 is 16.0 Å². The van der Waals surface area contributed by atoms with Crippen molar-refractivity contribution in [2.24, 2.45) is 0 Å². The maximum atomic E-state index is 6.25. The molecule has 142 valence electrons. The second-order valence-electron chi connectivity index (χ2n) is 9.26. The van der Waals surface area contributed by atoms with E-state index >= 15 is 0 Å². The zero-order chi connectivity index (χ0) is 17.6. The van der Waals surface area contributed by atoms with Crippen LogP contribution in [-0.4, -0.2) is 35.1 Å². The van der Waals surface area contributed by atoms with Gasteiger partial charge < -0.3 is 16.0 Å². The number of aromatic nitrogens is 2. The highest BCUT2D eigenvalue weighted by molar-refractivity contribution is 5.55. The third-order valence-electron chi connectivity index (χ3n) is 7.61. The van der Waals surface area contributed by atoms with Gasteiger partial charge in [-0.1, -0.05) is 19.3 Å². The molecule has 2 saturated heterocycles. The molecule has 0 bridgehead atoms. The summed E-state index contributed by atoms with van der Waals surface area (Å²) in [5, 5.41) is 3.86. The Kier molecular flexibility index (Phi) is 4.11. The van der Waals surface area contributed by atoms with E-state index in [1.165, 1.54) is 94.2 Å². The number of hydrogen-bond donors (Lipinski definition) is 2. The Morgan fingerprint density at radius 1 is 0.885 bits per heavy atom. The summed E-state index contributed by atoms with van der Waals surface area (Å²) in [6, 6.07) is 0. The molecule has 5 heteroatoms. The van der Waals surface area contributed by atoms with Gasteiger partial charge in [-0.25, -0.2) is 4.98 Å². The molecule has 0 amide bonds. The molecule has 2 spiro atoms. The molecule has 26 heavy (non-hydrogen) atoms. The molecule has 0 unspecified atom stereocenters. The summed E-state index contributed by atoms with van der Waals surface area (Å²) in [5.74, 6) is 1.66. The summed E-state index contributed by atoms with van der Waals surface area (Å²) in [4.78, 5) is 12.2. The van der Waals surface area contributed by atoms with E-state index < -0.39 is 0 Å². The predicted octanol–water partition coefficient (Wildman–Crippen LogP) is 3.32. The average molecular weight is 356 g/mol. The third-order valence-corrected chi connectivity index (χ3v) is 7.61. The van der Waals surface area contributed by atoms with Crippen molar-refractivity contribution < 1.29 is 0 Å². The normalized spacial score (nSPS) is 30.7. The Labute approximate surface area is 157 Å². The van der Waals surface area contributed by atoms with Crippen LogP contribution >= 0.6 is 0 Å². The summed E-state index contributed by atoms with van der Waals surface area (Å²) in [7, 11) is 0. The highest BCUT2D eigenvalue weighted by atomic mass is 15.3. The van der Waals surface area contributed by atoms with Crippen molar-refractivity contribution in [2.45, 2.75) is 88.0 Å². The molecule has 1 aromatic rings. The van der Waals surface area contributed by atoms with Gasteiger partial charge in [-0.15, -0.1) is 0 Å². The van der Waals surface area contributed by atoms with E-state index in [0.717, 1.165) is 19.5 Å². The maximum absolute atomic E-state index is 6.25. The van der Waals surface area contributed by atoms with Crippen LogP contribution in [0.1, 0.15) is 81.9 Å². The summed E-state index contributed by atoms with van der Waals surface area (Å²) < 4.78 is 0. The lowest BCUT2D eigenvalue weighted by atomic mass is 9.71. The first kappa shape index (κ1) is 16.8. The molecular weight excluding hydrogens is 322 g/mol. The van der Waals surface area contributed by atoms with Gasteiger partial charge in [-0.2, -0.15) is 4.98 Å². The van der Waals surface area contributed by atoms with E-state index in [0.29, 0.717) is 16.9 Å². The summed E-state index contributed by atoms with van der Waals surface area (Å²) in [6.07, 6.45) is 15.5. The fourth-order valence-electron chi connectivity index (χ4n) is 6.37. The molecule has 3 N–H and O–H groups in total. The highest BCUT2D eigenvalue weighted by Gasteiger charge is 2.43. The summed E-state index contributed by atoms with van der Waals surface area (Å²) >= 11 is 0. The quantitative estimate of drug-likeness (QED) is 0.809. The van der Waals surface area contributed by atoms with Crippen molar-refractivity contribution in [3.05, 3.63) is 11.3 Å². The lowest BCUT2D eigenvalue weighted by Gasteiger charge is -2.47. The number of nitrogens with one attached hydrogen (secondary N) is 1. The van der Waals surface area contributed by atoms with Gasteiger partial charge in [0.15, 0.2) is 0 Å². The second kappa shape index (κ2) is 6.36. The summed E-state index contributed by atoms with van der Waals surface area (Å²) in [5.41, 5.74) is 9.59. The Morgan fingerprint density at radius 3 is 2.46 bits per heavy atom. The molecule has 2 aliphatic heterocycles. The monoisotopic (exact) mass is 355 g/mol. The molecule has 3 heterocycles. The average Bonchev–Trinajstić information content (AvgIpc) is 3.12. The summed E-state index contributed by atoms with van der Waals surface area (Å²) in [6.45, 7) is 3.36. The fourth-order valence-corrected chi connectivity index (χ4v) is 6.37. The second-order valence-corrected chi connectivity index (χ2v) is 9.26. The molecule has 5 rings (SSSR count). The number of fused-ring (bicyclic) bond motifs is 2. The molecule has 4 aliphatic rings. The Balaban J connectivity index is 1.52. The number of rotatable bonds is 1. The van der Waals surface area contributed by atoms with E-state index in [4.69, 9.17) is 15.7 Å². The predicted molar refractivity (Wildman–Crippen MR) is 106 cm³/mol. The van der Waals surface area contributed by atoms with Gasteiger partial charge in [0, 0.05) is 29.6 Å². The number of piperidine rings is 2. The molecule has 0 aromatic carbocycles. The van der Waals surface area contributed by atoms with E-state index in [1.807, 2.05) is 0 Å². The topological polar surface area (TPSA) is 67.1 Å². The van der Waals surface area contributed by atoms with Crippen molar-refractivity contribution in [3.63, 3.8) is 0 Å². The zero-order valence-corrected chi connectivity index (χ0v) is 16.0. The van der Waals surface area contributed by atoms with E-state index in [2.05, 4.69) is 10.2 Å². The first-order valence-corrected chi connectivity index (χ1v) is 10.9. The molecule has 3 fully saturated rings. The van der Waals surface area contributed by atoms with Crippen LogP contribution in [0, 0.1) is 0 Å². The smallest absolute Gasteiger partial charge is 0.222 e. The first-order chi connectivity index (χ1) is 12.7. The van der Waals surface area contributed by atoms with Crippen LogP contribution in [0.3, 0.4) is 0 Å². The number of hydrogen-bond acceptors (Lipinski definition) is 5. The molecule has 1 aromatic heterocycles. The fraction of sp³-hybridized carbons (Fsp3) is 0.810. The van der Waals surface area contributed by atoms with Gasteiger partial charge in [0.2, 0.25) is 5.95 Å². The minimum atomic E-state index is 0.294. The molecule has 5 nitrogen and oxygen atoms in total. The lowest BCUT2D eigenvalue weighted by molar-refractivity contribution is 0.215. The van der Waals surface area contributed by atoms with Crippen molar-refractivity contribution in [1.29, 1.82) is 0 Å². The molecule has 1 atom stereocenters. The SMILES string of the molecule is Nc1nc(N2CCC[C@]3(CCCCN3)C2)c2c(n1)C1(CCCC1)CCC2. The van der Waals surface area contributed by atoms with E-state index in [1.54, 1.807) is 0 Å². The van der Waals surface area contributed by atoms with Crippen LogP contribution in [0.5, 0.6) is 0 Å². The Hall–Kier alpha value is -1.36. The molecule has 2 aliphatic carbocycles. The van der Waals surface area contributed by atoms with Crippen LogP contribution in [-0.2, 0) is 11.8 Å². The Bertz CT molecular complexity index is 668. The first-order valence-electron chi connectivity index (χ1n) is 10.9. The highest BCUT2D eigenvalue weighted by Crippen LogP contribution is 2.50. The molecular formula is C21H33N5. The van der Waals surface area contributed by atoms with Crippen LogP contribution in [0.15, 0.2) is 0 Å². The van der Waals surface area contributed by atoms with E-state index in [-0.39, 0.29) is 0 Å². The number of nitrogens with two attached hydrogens (primary N) is 1.